The molecule has 0 radical (unpaired) electrons. The van der Waals surface area contributed by atoms with Gasteiger partial charge in [-0.2, -0.15) is 0 Å². The Labute approximate surface area is 153 Å². The zero-order chi connectivity index (χ0) is 17.1. The lowest BCUT2D eigenvalue weighted by Crippen LogP contribution is -2.17. The zero-order valence-corrected chi connectivity index (χ0v) is 15.1. The first-order chi connectivity index (χ1) is 12.3. The highest BCUT2D eigenvalue weighted by atomic mass is 32.2. The molecule has 25 heavy (non-hydrogen) atoms. The summed E-state index contributed by atoms with van der Waals surface area (Å²) in [4.78, 5) is 0. The van der Waals surface area contributed by atoms with Gasteiger partial charge in [0.25, 0.3) is 0 Å². The Balaban J connectivity index is 0.000000223. The molecular weight excluding hydrogens is 322 g/mol. The highest BCUT2D eigenvalue weighted by Gasteiger charge is 2.19. The average Bonchev–Trinajstić information content (AvgIpc) is 2.69. The molecule has 5 rings (SSSR count). The second-order valence-electron chi connectivity index (χ2n) is 6.61. The second kappa shape index (κ2) is 7.47. The fourth-order valence-electron chi connectivity index (χ4n) is 3.82. The molecule has 1 nitrogen and oxygen atoms in total. The van der Waals surface area contributed by atoms with Gasteiger partial charge in [0.1, 0.15) is 0 Å². The molecule has 0 saturated carbocycles. The van der Waals surface area contributed by atoms with Crippen LogP contribution in [0.2, 0.25) is 0 Å². The van der Waals surface area contributed by atoms with Crippen LogP contribution in [0.5, 0.6) is 0 Å². The number of aryl methyl sites for hydroxylation is 1. The minimum Gasteiger partial charge on any atom is -0.324 e. The Morgan fingerprint density at radius 3 is 2.52 bits per heavy atom. The molecule has 1 aliphatic carbocycles. The molecule has 0 spiro atoms. The van der Waals surface area contributed by atoms with Crippen molar-refractivity contribution in [3.05, 3.63) is 83.3 Å². The summed E-state index contributed by atoms with van der Waals surface area (Å²) < 4.78 is 0. The molecule has 0 fully saturated rings. The van der Waals surface area contributed by atoms with Crippen LogP contribution in [-0.4, -0.2) is 5.75 Å². The molecule has 0 amide bonds. The van der Waals surface area contributed by atoms with E-state index in [1.54, 1.807) is 0 Å². The lowest BCUT2D eigenvalue weighted by molar-refractivity contribution is 0.575. The monoisotopic (exact) mass is 345 g/mol. The van der Waals surface area contributed by atoms with E-state index < -0.39 is 0 Å². The van der Waals surface area contributed by atoms with E-state index in [2.05, 4.69) is 66.1 Å². The number of hydrogen-bond acceptors (Lipinski definition) is 2. The molecule has 1 aliphatic heterocycles. The van der Waals surface area contributed by atoms with Crippen LogP contribution >= 0.6 is 11.8 Å². The Kier molecular flexibility index (Phi) is 4.91. The van der Waals surface area contributed by atoms with Gasteiger partial charge in [-0.3, -0.25) is 0 Å². The Bertz CT molecular complexity index is 943. The summed E-state index contributed by atoms with van der Waals surface area (Å²) >= 11 is 1.83. The minimum absolute atomic E-state index is 0.202. The van der Waals surface area contributed by atoms with E-state index >= 15 is 0 Å². The molecule has 0 saturated heterocycles. The van der Waals surface area contributed by atoms with Crippen LogP contribution in [0.4, 0.5) is 0 Å². The van der Waals surface area contributed by atoms with Crippen LogP contribution in [0.25, 0.3) is 21.5 Å². The van der Waals surface area contributed by atoms with Crippen molar-refractivity contribution in [1.82, 2.24) is 0 Å². The van der Waals surface area contributed by atoms with E-state index in [0.29, 0.717) is 0 Å². The van der Waals surface area contributed by atoms with Crippen LogP contribution in [0.1, 0.15) is 30.0 Å². The molecule has 3 aromatic carbocycles. The maximum Gasteiger partial charge on any atom is 0.0303 e. The van der Waals surface area contributed by atoms with Gasteiger partial charge in [-0.25, -0.2) is 0 Å². The van der Waals surface area contributed by atoms with Crippen LogP contribution in [-0.2, 0) is 6.42 Å². The summed E-state index contributed by atoms with van der Waals surface area (Å²) in [6.45, 7) is 0. The van der Waals surface area contributed by atoms with Gasteiger partial charge in [-0.15, -0.1) is 11.8 Å². The van der Waals surface area contributed by atoms with Crippen molar-refractivity contribution in [2.24, 2.45) is 5.73 Å². The van der Waals surface area contributed by atoms with Gasteiger partial charge in [0.15, 0.2) is 0 Å². The van der Waals surface area contributed by atoms with E-state index in [4.69, 9.17) is 5.73 Å². The predicted molar refractivity (Wildman–Crippen MR) is 112 cm³/mol. The smallest absolute Gasteiger partial charge is 0.0303 e. The van der Waals surface area contributed by atoms with Gasteiger partial charge in [-0.05, 0) is 57.3 Å². The molecule has 2 aliphatic rings. The van der Waals surface area contributed by atoms with Crippen molar-refractivity contribution >= 4 is 33.3 Å². The third-order valence-electron chi connectivity index (χ3n) is 5.00. The van der Waals surface area contributed by atoms with E-state index in [0.717, 1.165) is 12.2 Å². The van der Waals surface area contributed by atoms with E-state index in [-0.39, 0.29) is 6.04 Å². The molecule has 0 aromatic heterocycles. The van der Waals surface area contributed by atoms with Crippen LogP contribution in [0, 0.1) is 0 Å². The number of allylic oxidation sites excluding steroid dienone is 2. The molecule has 2 N–H and O–H groups in total. The van der Waals surface area contributed by atoms with Crippen molar-refractivity contribution < 1.29 is 0 Å². The van der Waals surface area contributed by atoms with Gasteiger partial charge in [0.2, 0.25) is 0 Å². The zero-order valence-electron chi connectivity index (χ0n) is 14.3. The molecule has 1 unspecified atom stereocenters. The first kappa shape index (κ1) is 16.4. The minimum atomic E-state index is 0.202. The topological polar surface area (TPSA) is 26.0 Å². The summed E-state index contributed by atoms with van der Waals surface area (Å²) in [5.74, 6) is 1.15. The van der Waals surface area contributed by atoms with E-state index in [1.807, 2.05) is 17.8 Å². The molecule has 1 heterocycles. The maximum atomic E-state index is 6.36. The molecule has 3 aromatic rings. The first-order valence-corrected chi connectivity index (χ1v) is 10.0. The number of thioether (sulfide) groups is 1. The third-order valence-corrected chi connectivity index (χ3v) is 5.74. The summed E-state index contributed by atoms with van der Waals surface area (Å²) in [5.41, 5.74) is 9.19. The summed E-state index contributed by atoms with van der Waals surface area (Å²) in [7, 11) is 0. The Hall–Kier alpha value is -2.03. The molecular formula is C23H23NS. The summed E-state index contributed by atoms with van der Waals surface area (Å²) in [6.07, 6.45) is 9.76. The predicted octanol–water partition coefficient (Wildman–Crippen LogP) is 6.13. The van der Waals surface area contributed by atoms with Crippen LogP contribution in [0.15, 0.2) is 72.2 Å². The normalized spacial score (nSPS) is 18.7. The van der Waals surface area contributed by atoms with Crippen LogP contribution < -0.4 is 5.73 Å². The fraction of sp³-hybridized carbons (Fsp3) is 0.217. The van der Waals surface area contributed by atoms with Crippen molar-refractivity contribution in [1.29, 1.82) is 0 Å². The van der Waals surface area contributed by atoms with E-state index in [1.165, 1.54) is 45.5 Å². The average molecular weight is 346 g/mol. The van der Waals surface area contributed by atoms with Gasteiger partial charge in [-0.1, -0.05) is 66.8 Å². The van der Waals surface area contributed by atoms with Crippen molar-refractivity contribution in [3.8, 4) is 0 Å². The van der Waals surface area contributed by atoms with Crippen LogP contribution in [0.3, 0.4) is 0 Å². The summed E-state index contributed by atoms with van der Waals surface area (Å²) in [6, 6.07) is 17.8. The maximum absolute atomic E-state index is 6.36. The number of benzene rings is 3. The lowest BCUT2D eigenvalue weighted by atomic mass is 9.84. The molecule has 0 bridgehead atoms. The highest BCUT2D eigenvalue weighted by Crippen LogP contribution is 2.36. The van der Waals surface area contributed by atoms with Crippen molar-refractivity contribution in [2.75, 3.05) is 5.75 Å². The second-order valence-corrected chi connectivity index (χ2v) is 7.55. The lowest BCUT2D eigenvalue weighted by Gasteiger charge is -2.24. The third kappa shape index (κ3) is 3.37. The quantitative estimate of drug-likeness (QED) is 0.496. The number of rotatable bonds is 0. The van der Waals surface area contributed by atoms with E-state index in [9.17, 15) is 0 Å². The van der Waals surface area contributed by atoms with Gasteiger partial charge in [0, 0.05) is 11.8 Å². The molecule has 126 valence electrons. The van der Waals surface area contributed by atoms with Crippen molar-refractivity contribution in [3.63, 3.8) is 0 Å². The fourth-order valence-corrected chi connectivity index (χ4v) is 4.35. The number of nitrogens with two attached hydrogens (primary N) is 1. The molecule has 2 heteroatoms. The summed E-state index contributed by atoms with van der Waals surface area (Å²) in [5, 5.41) is 7.43. The van der Waals surface area contributed by atoms with Gasteiger partial charge >= 0.3 is 0 Å². The number of fused-ring (bicyclic) bond motifs is 5. The largest absolute Gasteiger partial charge is 0.324 e. The highest BCUT2D eigenvalue weighted by molar-refractivity contribution is 8.02. The number of hydrogen-bond donors (Lipinski definition) is 1. The Morgan fingerprint density at radius 1 is 0.880 bits per heavy atom. The first-order valence-electron chi connectivity index (χ1n) is 8.97. The SMILES string of the molecule is C1=CCSC=C1.NC1CCCc2ccc3c(ccc4ccccc43)c21. The van der Waals surface area contributed by atoms with Crippen molar-refractivity contribution in [2.45, 2.75) is 25.3 Å². The van der Waals surface area contributed by atoms with Gasteiger partial charge < -0.3 is 5.73 Å². The molecule has 1 atom stereocenters. The Morgan fingerprint density at radius 2 is 1.76 bits per heavy atom. The standard InChI is InChI=1S/C18H17N.C5H6S/c19-17-7-3-5-13-9-10-15-14-6-2-1-4-12(14)8-11-16(15)18(13)17;1-2-4-6-5-3-1/h1-2,4,6,8-11,17H,3,5,7,19H2;1-4H,5H2. The van der Waals surface area contributed by atoms with Gasteiger partial charge in [0.05, 0.1) is 0 Å².